The monoisotopic (exact) mass is 356 g/mol. The van der Waals surface area contributed by atoms with Gasteiger partial charge in [-0.05, 0) is 19.1 Å². The smallest absolute Gasteiger partial charge is 0.133 e. The molecule has 2 heterocycles. The fraction of sp³-hybridized carbons (Fsp3) is 0.167. The van der Waals surface area contributed by atoms with Crippen LogP contribution in [0.3, 0.4) is 0 Å². The molecule has 1 aliphatic rings. The summed E-state index contributed by atoms with van der Waals surface area (Å²) in [6.45, 7) is 5.21. The third kappa shape index (κ3) is 3.06. The van der Waals surface area contributed by atoms with Crippen LogP contribution in [-0.4, -0.2) is 27.2 Å². The SMILES string of the molecule is C=NN1C=C(c2cnn(C)c2)N=C(c2cc(F)c(CN)cc2F)/C1=C/C. The van der Waals surface area contributed by atoms with Crippen molar-refractivity contribution in [3.8, 4) is 0 Å². The average Bonchev–Trinajstić information content (AvgIpc) is 3.08. The maximum absolute atomic E-state index is 14.6. The molecule has 0 unspecified atom stereocenters. The number of rotatable bonds is 4. The zero-order valence-corrected chi connectivity index (χ0v) is 14.4. The molecule has 8 heteroatoms. The second-order valence-corrected chi connectivity index (χ2v) is 5.66. The van der Waals surface area contributed by atoms with Crippen LogP contribution in [-0.2, 0) is 13.6 Å². The van der Waals surface area contributed by atoms with E-state index in [1.54, 1.807) is 43.3 Å². The van der Waals surface area contributed by atoms with Crippen LogP contribution in [0.25, 0.3) is 5.70 Å². The Morgan fingerprint density at radius 3 is 2.65 bits per heavy atom. The van der Waals surface area contributed by atoms with Crippen LogP contribution >= 0.6 is 0 Å². The minimum atomic E-state index is -0.610. The van der Waals surface area contributed by atoms with Crippen molar-refractivity contribution in [1.29, 1.82) is 0 Å². The summed E-state index contributed by atoms with van der Waals surface area (Å²) >= 11 is 0. The number of allylic oxidation sites excluding steroid dienone is 2. The minimum Gasteiger partial charge on any atom is -0.326 e. The molecule has 0 spiro atoms. The minimum absolute atomic E-state index is 0.0240. The molecule has 0 saturated carbocycles. The molecule has 3 rings (SSSR count). The molecule has 6 nitrogen and oxygen atoms in total. The number of nitrogens with zero attached hydrogens (tertiary/aromatic N) is 5. The van der Waals surface area contributed by atoms with E-state index in [0.29, 0.717) is 17.0 Å². The number of aryl methyl sites for hydroxylation is 1. The van der Waals surface area contributed by atoms with Gasteiger partial charge in [0.25, 0.3) is 0 Å². The van der Waals surface area contributed by atoms with E-state index >= 15 is 0 Å². The van der Waals surface area contributed by atoms with Gasteiger partial charge in [-0.3, -0.25) is 4.68 Å². The zero-order valence-electron chi connectivity index (χ0n) is 14.4. The Balaban J connectivity index is 2.19. The van der Waals surface area contributed by atoms with Gasteiger partial charge in [0, 0.05) is 43.2 Å². The summed E-state index contributed by atoms with van der Waals surface area (Å²) in [5, 5.41) is 9.52. The van der Waals surface area contributed by atoms with Gasteiger partial charge in [0.2, 0.25) is 0 Å². The number of nitrogens with two attached hydrogens (primary N) is 1. The van der Waals surface area contributed by atoms with E-state index in [2.05, 4.69) is 21.9 Å². The van der Waals surface area contributed by atoms with Crippen LogP contribution in [0.1, 0.15) is 23.6 Å². The fourth-order valence-corrected chi connectivity index (χ4v) is 2.70. The largest absolute Gasteiger partial charge is 0.326 e. The van der Waals surface area contributed by atoms with Crippen LogP contribution in [0.2, 0.25) is 0 Å². The number of hydrazone groups is 1. The zero-order chi connectivity index (χ0) is 18.8. The molecule has 26 heavy (non-hydrogen) atoms. The van der Waals surface area contributed by atoms with Crippen molar-refractivity contribution in [2.75, 3.05) is 0 Å². The molecule has 0 atom stereocenters. The first-order valence-electron chi connectivity index (χ1n) is 7.89. The molecule has 0 radical (unpaired) electrons. The molecule has 1 aromatic carbocycles. The fourth-order valence-electron chi connectivity index (χ4n) is 2.70. The Labute approximate surface area is 149 Å². The van der Waals surface area contributed by atoms with Crippen LogP contribution < -0.4 is 5.73 Å². The lowest BCUT2D eigenvalue weighted by molar-refractivity contribution is 0.522. The highest BCUT2D eigenvalue weighted by atomic mass is 19.1. The van der Waals surface area contributed by atoms with Gasteiger partial charge in [-0.1, -0.05) is 6.08 Å². The molecule has 0 saturated heterocycles. The predicted octanol–water partition coefficient (Wildman–Crippen LogP) is 2.78. The predicted molar refractivity (Wildman–Crippen MR) is 97.1 cm³/mol. The number of halogens is 2. The topological polar surface area (TPSA) is 71.8 Å². The maximum Gasteiger partial charge on any atom is 0.133 e. The molecule has 134 valence electrons. The first-order chi connectivity index (χ1) is 12.5. The summed E-state index contributed by atoms with van der Waals surface area (Å²) in [7, 11) is 1.78. The molecule has 1 aromatic heterocycles. The van der Waals surface area contributed by atoms with Crippen molar-refractivity contribution in [3.05, 3.63) is 70.8 Å². The van der Waals surface area contributed by atoms with Gasteiger partial charge < -0.3 is 5.73 Å². The van der Waals surface area contributed by atoms with E-state index < -0.39 is 11.6 Å². The summed E-state index contributed by atoms with van der Waals surface area (Å²) in [5.74, 6) is -1.20. The highest BCUT2D eigenvalue weighted by Crippen LogP contribution is 2.29. The van der Waals surface area contributed by atoms with E-state index in [-0.39, 0.29) is 23.4 Å². The average molecular weight is 356 g/mol. The quantitative estimate of drug-likeness (QED) is 0.857. The number of aromatic nitrogens is 2. The summed E-state index contributed by atoms with van der Waals surface area (Å²) in [4.78, 5) is 4.53. The Morgan fingerprint density at radius 2 is 2.08 bits per heavy atom. The van der Waals surface area contributed by atoms with Crippen LogP contribution in [0.15, 0.2) is 52.6 Å². The van der Waals surface area contributed by atoms with Gasteiger partial charge in [-0.15, -0.1) is 0 Å². The third-order valence-corrected chi connectivity index (χ3v) is 4.00. The number of benzene rings is 1. The molecule has 0 bridgehead atoms. The van der Waals surface area contributed by atoms with Gasteiger partial charge in [0.05, 0.1) is 29.5 Å². The van der Waals surface area contributed by atoms with Crippen LogP contribution in [0, 0.1) is 11.6 Å². The van der Waals surface area contributed by atoms with Gasteiger partial charge in [-0.2, -0.15) is 10.2 Å². The lowest BCUT2D eigenvalue weighted by Gasteiger charge is -2.25. The first kappa shape index (κ1) is 17.7. The van der Waals surface area contributed by atoms with Crippen molar-refractivity contribution in [2.24, 2.45) is 22.9 Å². The van der Waals surface area contributed by atoms with Crippen molar-refractivity contribution in [1.82, 2.24) is 14.8 Å². The normalized spacial score (nSPS) is 15.9. The highest BCUT2D eigenvalue weighted by molar-refractivity contribution is 6.15. The van der Waals surface area contributed by atoms with Crippen molar-refractivity contribution in [3.63, 3.8) is 0 Å². The summed E-state index contributed by atoms with van der Waals surface area (Å²) in [6, 6.07) is 2.20. The number of hydrogen-bond donors (Lipinski definition) is 1. The van der Waals surface area contributed by atoms with Gasteiger partial charge in [-0.25, -0.2) is 18.8 Å². The van der Waals surface area contributed by atoms with E-state index in [1.807, 2.05) is 0 Å². The highest BCUT2D eigenvalue weighted by Gasteiger charge is 2.25. The number of aliphatic imine (C=N–C) groups is 1. The molecule has 1 aliphatic heterocycles. The van der Waals surface area contributed by atoms with Crippen LogP contribution in [0.4, 0.5) is 8.78 Å². The maximum atomic E-state index is 14.6. The molecule has 2 N–H and O–H groups in total. The van der Waals surface area contributed by atoms with Crippen molar-refractivity contribution >= 4 is 18.1 Å². The first-order valence-corrected chi connectivity index (χ1v) is 7.89. The Kier molecular flexibility index (Phi) is 4.77. The van der Waals surface area contributed by atoms with E-state index in [4.69, 9.17) is 5.73 Å². The Hall–Kier alpha value is -3.13. The van der Waals surface area contributed by atoms with E-state index in [0.717, 1.165) is 12.1 Å². The van der Waals surface area contributed by atoms with Gasteiger partial charge in [0.1, 0.15) is 11.6 Å². The Bertz CT molecular complexity index is 955. The van der Waals surface area contributed by atoms with Gasteiger partial charge >= 0.3 is 0 Å². The second-order valence-electron chi connectivity index (χ2n) is 5.66. The molecular weight excluding hydrogens is 338 g/mol. The van der Waals surface area contributed by atoms with Gasteiger partial charge in [0.15, 0.2) is 0 Å². The lowest BCUT2D eigenvalue weighted by atomic mass is 10.0. The summed E-state index contributed by atoms with van der Waals surface area (Å²) < 4.78 is 30.5. The molecular formula is C18H18F2N6. The Morgan fingerprint density at radius 1 is 1.31 bits per heavy atom. The van der Waals surface area contributed by atoms with E-state index in [9.17, 15) is 8.78 Å². The standard InChI is InChI=1S/C18H18F2N6/c1-4-17-18(13-6-14(19)11(7-21)5-15(13)20)24-16(10-26(17)22-2)12-8-23-25(3)9-12/h4-6,8-10H,2,7,21H2,1,3H3/b17-4-. The van der Waals surface area contributed by atoms with Crippen molar-refractivity contribution in [2.45, 2.75) is 13.5 Å². The van der Waals surface area contributed by atoms with E-state index in [1.165, 1.54) is 5.01 Å². The number of hydrogen-bond acceptors (Lipinski definition) is 5. The third-order valence-electron chi connectivity index (χ3n) is 4.00. The second kappa shape index (κ2) is 7.01. The molecule has 0 aliphatic carbocycles. The lowest BCUT2D eigenvalue weighted by Crippen LogP contribution is -2.24. The molecule has 0 fully saturated rings. The van der Waals surface area contributed by atoms with Crippen LogP contribution in [0.5, 0.6) is 0 Å². The summed E-state index contributed by atoms with van der Waals surface area (Å²) in [5.41, 5.74) is 7.54. The summed E-state index contributed by atoms with van der Waals surface area (Å²) in [6.07, 6.45) is 6.76. The molecule has 2 aromatic rings. The van der Waals surface area contributed by atoms with Crippen molar-refractivity contribution < 1.29 is 8.78 Å². The molecule has 0 amide bonds.